The molecule has 0 aromatic heterocycles. The summed E-state index contributed by atoms with van der Waals surface area (Å²) in [6, 6.07) is 2.31. The second-order valence-electron chi connectivity index (χ2n) is 7.34. The third-order valence-corrected chi connectivity index (χ3v) is 5.66. The fourth-order valence-corrected chi connectivity index (χ4v) is 4.52. The molecule has 2 fully saturated rings. The van der Waals surface area contributed by atoms with Crippen LogP contribution in [-0.4, -0.2) is 6.04 Å². The highest BCUT2D eigenvalue weighted by Crippen LogP contribution is 2.63. The minimum atomic E-state index is -0.696. The number of hydrogen-bond donors (Lipinski definition) is 2. The zero-order valence-corrected chi connectivity index (χ0v) is 12.3. The van der Waals surface area contributed by atoms with E-state index in [9.17, 15) is 8.78 Å². The molecular weight excluding hydrogens is 258 g/mol. The number of benzene rings is 1. The molecular formula is C16H22F2N2. The van der Waals surface area contributed by atoms with Gasteiger partial charge in [-0.3, -0.25) is 0 Å². The van der Waals surface area contributed by atoms with Gasteiger partial charge in [0.1, 0.15) is 5.82 Å². The Morgan fingerprint density at radius 1 is 1.25 bits per heavy atom. The maximum Gasteiger partial charge on any atom is 0.151 e. The van der Waals surface area contributed by atoms with Crippen molar-refractivity contribution in [1.29, 1.82) is 0 Å². The highest BCUT2D eigenvalue weighted by atomic mass is 19.1. The van der Waals surface area contributed by atoms with Crippen molar-refractivity contribution in [2.24, 2.45) is 16.7 Å². The first-order valence-corrected chi connectivity index (χ1v) is 7.25. The zero-order valence-electron chi connectivity index (χ0n) is 12.3. The number of halogens is 2. The average molecular weight is 280 g/mol. The van der Waals surface area contributed by atoms with Crippen molar-refractivity contribution in [1.82, 2.24) is 0 Å². The van der Waals surface area contributed by atoms with E-state index in [1.165, 1.54) is 18.9 Å². The molecule has 1 aromatic carbocycles. The number of nitrogen functional groups attached to an aromatic ring is 1. The fraction of sp³-hybridized carbons (Fsp3) is 0.625. The number of nitrogens with two attached hydrogens (primary N) is 1. The minimum absolute atomic E-state index is 0.00794. The second kappa shape index (κ2) is 4.09. The maximum absolute atomic E-state index is 13.6. The first-order chi connectivity index (χ1) is 9.24. The number of rotatable bonds is 2. The third kappa shape index (κ3) is 1.80. The van der Waals surface area contributed by atoms with E-state index in [1.807, 2.05) is 0 Å². The van der Waals surface area contributed by atoms with Gasteiger partial charge < -0.3 is 11.1 Å². The van der Waals surface area contributed by atoms with Crippen molar-refractivity contribution in [2.45, 2.75) is 46.1 Å². The Bertz CT molecular complexity index is 551. The Kier molecular flexibility index (Phi) is 2.79. The topological polar surface area (TPSA) is 38.0 Å². The molecule has 2 saturated carbocycles. The monoisotopic (exact) mass is 280 g/mol. The van der Waals surface area contributed by atoms with Crippen LogP contribution in [-0.2, 0) is 0 Å². The molecule has 0 spiro atoms. The van der Waals surface area contributed by atoms with Gasteiger partial charge in [-0.05, 0) is 42.1 Å². The molecule has 110 valence electrons. The van der Waals surface area contributed by atoms with Gasteiger partial charge in [-0.2, -0.15) is 0 Å². The second-order valence-corrected chi connectivity index (χ2v) is 7.34. The highest BCUT2D eigenvalue weighted by Gasteiger charge is 2.59. The van der Waals surface area contributed by atoms with E-state index < -0.39 is 11.6 Å². The Hall–Kier alpha value is -1.32. The van der Waals surface area contributed by atoms with E-state index in [2.05, 4.69) is 26.1 Å². The highest BCUT2D eigenvalue weighted by molar-refractivity contribution is 5.67. The summed E-state index contributed by atoms with van der Waals surface area (Å²) in [6.45, 7) is 6.75. The molecule has 3 atom stereocenters. The lowest BCUT2D eigenvalue weighted by Gasteiger charge is -2.43. The van der Waals surface area contributed by atoms with E-state index in [4.69, 9.17) is 5.73 Å². The zero-order chi connectivity index (χ0) is 14.7. The van der Waals surface area contributed by atoms with Gasteiger partial charge in [0, 0.05) is 12.1 Å². The lowest BCUT2D eigenvalue weighted by atomic mass is 9.68. The van der Waals surface area contributed by atoms with Crippen LogP contribution in [0.2, 0.25) is 0 Å². The molecule has 3 unspecified atom stereocenters. The van der Waals surface area contributed by atoms with E-state index in [0.29, 0.717) is 11.6 Å². The van der Waals surface area contributed by atoms with Crippen LogP contribution >= 0.6 is 0 Å². The standard InChI is InChI=1S/C16H22F2N2/c1-15(2)9-4-5-16(3,8-9)14(15)20-12-7-10(17)6-11(18)13(12)19/h6-7,9,14,20H,4-5,8,19H2,1-3H3. The van der Waals surface area contributed by atoms with Crippen molar-refractivity contribution < 1.29 is 8.78 Å². The summed E-state index contributed by atoms with van der Waals surface area (Å²) in [7, 11) is 0. The molecule has 3 N–H and O–H groups in total. The van der Waals surface area contributed by atoms with Gasteiger partial charge in [-0.25, -0.2) is 8.78 Å². The smallest absolute Gasteiger partial charge is 0.151 e. The first-order valence-electron chi connectivity index (χ1n) is 7.25. The molecule has 0 amide bonds. The average Bonchev–Trinajstić information content (AvgIpc) is 2.81. The van der Waals surface area contributed by atoms with E-state index >= 15 is 0 Å². The third-order valence-electron chi connectivity index (χ3n) is 5.66. The van der Waals surface area contributed by atoms with Crippen molar-refractivity contribution in [3.8, 4) is 0 Å². The number of hydrogen-bond acceptors (Lipinski definition) is 2. The molecule has 3 rings (SSSR count). The first kappa shape index (κ1) is 13.7. The van der Waals surface area contributed by atoms with Gasteiger partial charge >= 0.3 is 0 Å². The Labute approximate surface area is 118 Å². The molecule has 0 heterocycles. The molecule has 1 aromatic rings. The van der Waals surface area contributed by atoms with Crippen molar-refractivity contribution in [3.05, 3.63) is 23.8 Å². The van der Waals surface area contributed by atoms with E-state index in [1.54, 1.807) is 0 Å². The predicted octanol–water partition coefficient (Wildman–Crippen LogP) is 4.17. The quantitative estimate of drug-likeness (QED) is 0.798. The molecule has 2 nitrogen and oxygen atoms in total. The Morgan fingerprint density at radius 2 is 1.95 bits per heavy atom. The molecule has 2 aliphatic carbocycles. The molecule has 2 bridgehead atoms. The van der Waals surface area contributed by atoms with Gasteiger partial charge in [-0.15, -0.1) is 0 Å². The molecule has 0 aliphatic heterocycles. The van der Waals surface area contributed by atoms with Crippen molar-refractivity contribution >= 4 is 11.4 Å². The van der Waals surface area contributed by atoms with Crippen molar-refractivity contribution in [3.63, 3.8) is 0 Å². The van der Waals surface area contributed by atoms with Gasteiger partial charge in [-0.1, -0.05) is 20.8 Å². The summed E-state index contributed by atoms with van der Waals surface area (Å²) >= 11 is 0. The Balaban J connectivity index is 1.96. The predicted molar refractivity (Wildman–Crippen MR) is 77.4 cm³/mol. The summed E-state index contributed by atoms with van der Waals surface area (Å²) in [5.74, 6) is -0.617. The lowest BCUT2D eigenvalue weighted by Crippen LogP contribution is -2.45. The number of fused-ring (bicyclic) bond motifs is 2. The van der Waals surface area contributed by atoms with Crippen LogP contribution in [0.3, 0.4) is 0 Å². The molecule has 2 aliphatic rings. The summed E-state index contributed by atoms with van der Waals surface area (Å²) in [5, 5.41) is 3.35. The van der Waals surface area contributed by atoms with Gasteiger partial charge in [0.25, 0.3) is 0 Å². The van der Waals surface area contributed by atoms with Gasteiger partial charge in [0.15, 0.2) is 5.82 Å². The summed E-state index contributed by atoms with van der Waals surface area (Å²) in [6.07, 6.45) is 3.58. The molecule has 0 radical (unpaired) electrons. The van der Waals surface area contributed by atoms with Crippen LogP contribution in [0.1, 0.15) is 40.0 Å². The Morgan fingerprint density at radius 3 is 2.55 bits per heavy atom. The van der Waals surface area contributed by atoms with Crippen LogP contribution in [0.4, 0.5) is 20.2 Å². The van der Waals surface area contributed by atoms with Crippen LogP contribution < -0.4 is 11.1 Å². The fourth-order valence-electron chi connectivity index (χ4n) is 4.52. The SMILES string of the molecule is CC12CCC(C1)C(C)(C)C2Nc1cc(F)cc(F)c1N. The van der Waals surface area contributed by atoms with Crippen molar-refractivity contribution in [2.75, 3.05) is 11.1 Å². The molecule has 20 heavy (non-hydrogen) atoms. The summed E-state index contributed by atoms with van der Waals surface area (Å²) in [5.41, 5.74) is 6.44. The van der Waals surface area contributed by atoms with Crippen LogP contribution in [0.15, 0.2) is 12.1 Å². The van der Waals surface area contributed by atoms with Crippen LogP contribution in [0.5, 0.6) is 0 Å². The van der Waals surface area contributed by atoms with E-state index in [-0.39, 0.29) is 22.6 Å². The molecule has 4 heteroatoms. The normalized spacial score (nSPS) is 34.5. The van der Waals surface area contributed by atoms with Crippen LogP contribution in [0, 0.1) is 28.4 Å². The summed E-state index contributed by atoms with van der Waals surface area (Å²) in [4.78, 5) is 0. The number of nitrogens with one attached hydrogen (secondary N) is 1. The lowest BCUT2D eigenvalue weighted by molar-refractivity contribution is 0.155. The summed E-state index contributed by atoms with van der Waals surface area (Å²) < 4.78 is 27.0. The van der Waals surface area contributed by atoms with E-state index in [0.717, 1.165) is 12.5 Å². The van der Waals surface area contributed by atoms with Crippen LogP contribution in [0.25, 0.3) is 0 Å². The molecule has 0 saturated heterocycles. The minimum Gasteiger partial charge on any atom is -0.395 e. The number of anilines is 2. The maximum atomic E-state index is 13.6. The van der Waals surface area contributed by atoms with Gasteiger partial charge in [0.05, 0.1) is 11.4 Å². The van der Waals surface area contributed by atoms with Gasteiger partial charge in [0.2, 0.25) is 0 Å². The largest absolute Gasteiger partial charge is 0.395 e.